The predicted molar refractivity (Wildman–Crippen MR) is 160 cm³/mol. The Hall–Kier alpha value is -3.38. The minimum atomic E-state index is -0.678. The van der Waals surface area contributed by atoms with Gasteiger partial charge < -0.3 is 23.7 Å². The number of esters is 2. The van der Waals surface area contributed by atoms with Crippen molar-refractivity contribution in [2.45, 2.75) is 0 Å². The monoisotopic (exact) mass is 705 g/mol. The summed E-state index contributed by atoms with van der Waals surface area (Å²) in [5.41, 5.74) is 0.606. The molecule has 3 aromatic carbocycles. The molecule has 0 unspecified atom stereocenters. The van der Waals surface area contributed by atoms with E-state index in [1.165, 1.54) is 50.9 Å². The van der Waals surface area contributed by atoms with Gasteiger partial charge in [-0.2, -0.15) is 0 Å². The first-order valence-electron chi connectivity index (χ1n) is 11.4. The van der Waals surface area contributed by atoms with Crippen molar-refractivity contribution in [2.24, 2.45) is 4.99 Å². The summed E-state index contributed by atoms with van der Waals surface area (Å²) in [5.74, 6) is -0.102. The van der Waals surface area contributed by atoms with Crippen molar-refractivity contribution in [3.05, 3.63) is 84.2 Å². The van der Waals surface area contributed by atoms with Gasteiger partial charge in [-0.3, -0.25) is 0 Å². The number of cyclic esters (lactones) is 1. The van der Waals surface area contributed by atoms with Gasteiger partial charge in [0.2, 0.25) is 11.6 Å². The molecular weight excluding hydrogens is 690 g/mol. The zero-order valence-corrected chi connectivity index (χ0v) is 25.8. The minimum Gasteiger partial charge on any atom is -0.493 e. The Kier molecular flexibility index (Phi) is 8.18. The fourth-order valence-corrected chi connectivity index (χ4v) is 6.28. The molecule has 4 aromatic rings. The summed E-state index contributed by atoms with van der Waals surface area (Å²) < 4.78 is 29.7. The van der Waals surface area contributed by atoms with Crippen molar-refractivity contribution >= 4 is 88.8 Å². The van der Waals surface area contributed by atoms with E-state index >= 15 is 0 Å². The second kappa shape index (κ2) is 11.6. The lowest BCUT2D eigenvalue weighted by Crippen LogP contribution is -2.10. The van der Waals surface area contributed by atoms with Crippen molar-refractivity contribution in [3.63, 3.8) is 0 Å². The first-order valence-corrected chi connectivity index (χ1v) is 14.2. The Balaban J connectivity index is 1.49. The average molecular weight is 708 g/mol. The summed E-state index contributed by atoms with van der Waals surface area (Å²) >= 11 is 14.8. The van der Waals surface area contributed by atoms with Crippen molar-refractivity contribution in [2.75, 3.05) is 21.3 Å². The molecule has 0 fully saturated rings. The van der Waals surface area contributed by atoms with Crippen LogP contribution in [0.5, 0.6) is 23.0 Å². The molecule has 40 heavy (non-hydrogen) atoms. The molecule has 0 aliphatic carbocycles. The summed E-state index contributed by atoms with van der Waals surface area (Å²) in [5, 5.41) is 1.27. The molecule has 0 amide bonds. The van der Waals surface area contributed by atoms with Crippen molar-refractivity contribution in [3.8, 4) is 23.0 Å². The van der Waals surface area contributed by atoms with Crippen LogP contribution in [0.15, 0.2) is 68.2 Å². The molecule has 1 aliphatic heterocycles. The number of methoxy groups -OCH3 is 3. The minimum absolute atomic E-state index is 0.0212. The summed E-state index contributed by atoms with van der Waals surface area (Å²) in [6.45, 7) is 0. The van der Waals surface area contributed by atoms with E-state index in [4.69, 9.17) is 35.3 Å². The maximum atomic E-state index is 13.1. The van der Waals surface area contributed by atoms with Crippen LogP contribution >= 0.6 is 54.8 Å². The zero-order chi connectivity index (χ0) is 28.6. The smallest absolute Gasteiger partial charge is 0.363 e. The number of rotatable bonds is 7. The Morgan fingerprint density at radius 3 is 2.30 bits per heavy atom. The lowest BCUT2D eigenvalue weighted by Gasteiger charge is -2.14. The van der Waals surface area contributed by atoms with Crippen molar-refractivity contribution in [1.82, 2.24) is 0 Å². The maximum absolute atomic E-state index is 13.1. The first-order chi connectivity index (χ1) is 19.2. The van der Waals surface area contributed by atoms with E-state index in [1.54, 1.807) is 18.2 Å². The number of nitrogens with zero attached hydrogens (tertiary/aromatic N) is 1. The SMILES string of the molecule is COc1cc(C(=O)Oc2ccc(Br)cc2/C=C2/N=C(c3sc4cc(Br)ccc4c3Cl)OC2=O)cc(OC)c1OC. The number of fused-ring (bicyclic) bond motifs is 1. The van der Waals surface area contributed by atoms with Gasteiger partial charge in [-0.15, -0.1) is 11.3 Å². The summed E-state index contributed by atoms with van der Waals surface area (Å²) in [4.78, 5) is 30.8. The van der Waals surface area contributed by atoms with Gasteiger partial charge in [-0.25, -0.2) is 14.6 Å². The number of hydrogen-bond donors (Lipinski definition) is 0. The second-order valence-corrected chi connectivity index (χ2v) is 11.5. The molecule has 0 radical (unpaired) electrons. The lowest BCUT2D eigenvalue weighted by molar-refractivity contribution is -0.129. The maximum Gasteiger partial charge on any atom is 0.363 e. The van der Waals surface area contributed by atoms with Crippen LogP contribution in [0.2, 0.25) is 5.02 Å². The van der Waals surface area contributed by atoms with E-state index in [9.17, 15) is 9.59 Å². The third-order valence-electron chi connectivity index (χ3n) is 5.77. The molecule has 8 nitrogen and oxygen atoms in total. The van der Waals surface area contributed by atoms with Gasteiger partial charge in [0.25, 0.3) is 0 Å². The second-order valence-electron chi connectivity index (χ2n) is 8.21. The number of hydrogen-bond acceptors (Lipinski definition) is 9. The van der Waals surface area contributed by atoms with Gasteiger partial charge in [0.05, 0.1) is 31.9 Å². The molecule has 0 N–H and O–H groups in total. The predicted octanol–water partition coefficient (Wildman–Crippen LogP) is 7.67. The number of thiophene rings is 1. The number of benzene rings is 3. The van der Waals surface area contributed by atoms with Crippen LogP contribution in [0.4, 0.5) is 0 Å². The number of ether oxygens (including phenoxy) is 5. The van der Waals surface area contributed by atoms with E-state index < -0.39 is 11.9 Å². The Bertz CT molecular complexity index is 1720. The summed E-state index contributed by atoms with van der Waals surface area (Å²) in [6, 6.07) is 13.7. The van der Waals surface area contributed by atoms with Gasteiger partial charge in [0.1, 0.15) is 10.6 Å². The third-order valence-corrected chi connectivity index (χ3v) is 8.41. The van der Waals surface area contributed by atoms with E-state index in [2.05, 4.69) is 36.9 Å². The van der Waals surface area contributed by atoms with Crippen LogP contribution in [0, 0.1) is 0 Å². The number of carbonyl (C=O) groups is 2. The van der Waals surface area contributed by atoms with Crippen LogP contribution < -0.4 is 18.9 Å². The molecule has 12 heteroatoms. The lowest BCUT2D eigenvalue weighted by atomic mass is 10.1. The molecule has 1 aliphatic rings. The highest BCUT2D eigenvalue weighted by Crippen LogP contribution is 2.40. The number of halogens is 3. The van der Waals surface area contributed by atoms with Gasteiger partial charge in [-0.1, -0.05) is 49.5 Å². The Morgan fingerprint density at radius 1 is 0.950 bits per heavy atom. The van der Waals surface area contributed by atoms with Gasteiger partial charge in [-0.05, 0) is 48.5 Å². The molecular formula is C28H18Br2ClNO7S. The fraction of sp³-hybridized carbons (Fsp3) is 0.107. The average Bonchev–Trinajstić information content (AvgIpc) is 3.47. The highest BCUT2D eigenvalue weighted by molar-refractivity contribution is 9.10. The van der Waals surface area contributed by atoms with Crippen LogP contribution in [-0.4, -0.2) is 39.2 Å². The molecule has 1 aromatic heterocycles. The Labute approximate surface area is 254 Å². The normalized spacial score (nSPS) is 13.8. The molecule has 204 valence electrons. The summed E-state index contributed by atoms with van der Waals surface area (Å²) in [7, 11) is 4.37. The molecule has 5 rings (SSSR count). The molecule has 2 heterocycles. The van der Waals surface area contributed by atoms with Gasteiger partial charge in [0.15, 0.2) is 17.2 Å². The third kappa shape index (κ3) is 5.46. The molecule has 0 atom stereocenters. The largest absolute Gasteiger partial charge is 0.493 e. The van der Waals surface area contributed by atoms with Crippen LogP contribution in [0.25, 0.3) is 16.2 Å². The van der Waals surface area contributed by atoms with Crippen LogP contribution in [-0.2, 0) is 9.53 Å². The van der Waals surface area contributed by atoms with Crippen molar-refractivity contribution < 1.29 is 33.3 Å². The zero-order valence-electron chi connectivity index (χ0n) is 21.0. The number of aliphatic imine (C=N–C) groups is 1. The van der Waals surface area contributed by atoms with Crippen molar-refractivity contribution in [1.29, 1.82) is 0 Å². The topological polar surface area (TPSA) is 92.7 Å². The molecule has 0 saturated carbocycles. The van der Waals surface area contributed by atoms with Gasteiger partial charge >= 0.3 is 11.9 Å². The highest BCUT2D eigenvalue weighted by atomic mass is 79.9. The first kappa shape index (κ1) is 28.2. The molecule has 0 bridgehead atoms. The van der Waals surface area contributed by atoms with E-state index in [0.29, 0.717) is 37.2 Å². The van der Waals surface area contributed by atoms with E-state index in [0.717, 1.165) is 14.6 Å². The molecule has 0 spiro atoms. The quantitative estimate of drug-likeness (QED) is 0.111. The Morgan fingerprint density at radius 2 is 1.62 bits per heavy atom. The van der Waals surface area contributed by atoms with Crippen LogP contribution in [0.3, 0.4) is 0 Å². The number of carbonyl (C=O) groups excluding carboxylic acids is 2. The van der Waals surface area contributed by atoms with E-state index in [1.807, 2.05) is 18.2 Å². The summed E-state index contributed by atoms with van der Waals surface area (Å²) in [6.07, 6.45) is 1.48. The standard InChI is InChI=1S/C28H18Br2ClNO7S/c1-35-20-10-14(11-21(36-2)24(20)37-3)27(33)38-19-7-5-15(29)8-13(19)9-18-28(34)39-26(32-18)25-23(31)17-6-4-16(30)12-22(17)40-25/h4-12H,1-3H3/b18-9+. The molecule has 0 saturated heterocycles. The van der Waals surface area contributed by atoms with Crippen LogP contribution in [0.1, 0.15) is 20.8 Å². The van der Waals surface area contributed by atoms with E-state index in [-0.39, 0.29) is 22.9 Å². The highest BCUT2D eigenvalue weighted by Gasteiger charge is 2.29. The van der Waals surface area contributed by atoms with Gasteiger partial charge in [0, 0.05) is 24.6 Å². The fourth-order valence-electron chi connectivity index (χ4n) is 3.91.